The minimum absolute atomic E-state index is 0.0106. The van der Waals surface area contributed by atoms with E-state index in [2.05, 4.69) is 5.32 Å². The number of aryl methyl sites for hydroxylation is 1. The third-order valence-corrected chi connectivity index (χ3v) is 3.28. The van der Waals surface area contributed by atoms with Crippen LogP contribution in [0.4, 0.5) is 5.69 Å². The van der Waals surface area contributed by atoms with Crippen LogP contribution in [0.15, 0.2) is 12.1 Å². The maximum absolute atomic E-state index is 9.68. The Labute approximate surface area is 94.2 Å². The number of fused-ring (bicyclic) bond motifs is 1. The van der Waals surface area contributed by atoms with E-state index in [4.69, 9.17) is 17.3 Å². The van der Waals surface area contributed by atoms with Crippen LogP contribution in [0.1, 0.15) is 11.1 Å². The van der Waals surface area contributed by atoms with Crippen molar-refractivity contribution in [2.45, 2.75) is 25.5 Å². The van der Waals surface area contributed by atoms with Gasteiger partial charge in [0.15, 0.2) is 0 Å². The fraction of sp³-hybridized carbons (Fsp3) is 0.455. The maximum atomic E-state index is 9.68. The molecule has 3 nitrogen and oxygen atoms in total. The molecule has 0 amide bonds. The molecule has 2 unspecified atom stereocenters. The Morgan fingerprint density at radius 2 is 2.40 bits per heavy atom. The normalized spacial score (nSPS) is 20.9. The highest BCUT2D eigenvalue weighted by Gasteiger charge is 2.28. The zero-order valence-corrected chi connectivity index (χ0v) is 9.38. The molecule has 0 aromatic heterocycles. The topological polar surface area (TPSA) is 58.3 Å². The van der Waals surface area contributed by atoms with Crippen LogP contribution in [0.3, 0.4) is 0 Å². The molecule has 15 heavy (non-hydrogen) atoms. The number of halogens is 1. The van der Waals surface area contributed by atoms with Crippen LogP contribution in [0, 0.1) is 6.92 Å². The lowest BCUT2D eigenvalue weighted by molar-refractivity contribution is 0.162. The smallest absolute Gasteiger partial charge is 0.0866 e. The van der Waals surface area contributed by atoms with Gasteiger partial charge in [-0.1, -0.05) is 17.7 Å². The number of hydrogen-bond donors (Lipinski definition) is 3. The Morgan fingerprint density at radius 3 is 3.00 bits per heavy atom. The van der Waals surface area contributed by atoms with E-state index in [1.165, 1.54) is 0 Å². The third-order valence-electron chi connectivity index (χ3n) is 2.92. The maximum Gasteiger partial charge on any atom is 0.0866 e. The van der Waals surface area contributed by atoms with Crippen LogP contribution >= 0.6 is 11.6 Å². The molecule has 1 aliphatic heterocycles. The van der Waals surface area contributed by atoms with Gasteiger partial charge < -0.3 is 16.2 Å². The van der Waals surface area contributed by atoms with Gasteiger partial charge in [-0.25, -0.2) is 0 Å². The van der Waals surface area contributed by atoms with Crippen LogP contribution in [0.2, 0.25) is 5.02 Å². The second-order valence-electron chi connectivity index (χ2n) is 3.98. The van der Waals surface area contributed by atoms with Crippen LogP contribution in [-0.4, -0.2) is 23.8 Å². The summed E-state index contributed by atoms with van der Waals surface area (Å²) in [7, 11) is 0. The van der Waals surface area contributed by atoms with Crippen LogP contribution in [0.25, 0.3) is 0 Å². The van der Waals surface area contributed by atoms with Gasteiger partial charge in [-0.3, -0.25) is 0 Å². The van der Waals surface area contributed by atoms with Crippen molar-refractivity contribution in [1.82, 2.24) is 0 Å². The van der Waals surface area contributed by atoms with Crippen molar-refractivity contribution in [1.29, 1.82) is 0 Å². The lowest BCUT2D eigenvalue weighted by Crippen LogP contribution is -2.37. The molecule has 0 aliphatic carbocycles. The molecular formula is C11H15ClN2O. The highest BCUT2D eigenvalue weighted by molar-refractivity contribution is 6.31. The Hall–Kier alpha value is -0.770. The highest BCUT2D eigenvalue weighted by Crippen LogP contribution is 2.35. The molecule has 0 fully saturated rings. The molecular weight excluding hydrogens is 212 g/mol. The van der Waals surface area contributed by atoms with Crippen molar-refractivity contribution < 1.29 is 5.11 Å². The molecule has 0 saturated carbocycles. The monoisotopic (exact) mass is 226 g/mol. The van der Waals surface area contributed by atoms with Crippen molar-refractivity contribution in [3.8, 4) is 0 Å². The van der Waals surface area contributed by atoms with Crippen molar-refractivity contribution in [2.24, 2.45) is 5.73 Å². The van der Waals surface area contributed by atoms with Crippen molar-refractivity contribution >= 4 is 17.3 Å². The minimum Gasteiger partial charge on any atom is -0.390 e. The zero-order chi connectivity index (χ0) is 11.0. The van der Waals surface area contributed by atoms with E-state index in [1.807, 2.05) is 19.1 Å². The summed E-state index contributed by atoms with van der Waals surface area (Å²) in [5.74, 6) is 0. The number of anilines is 1. The van der Waals surface area contributed by atoms with Gasteiger partial charge in [0.25, 0.3) is 0 Å². The number of nitrogens with two attached hydrogens (primary N) is 1. The molecule has 0 spiro atoms. The summed E-state index contributed by atoms with van der Waals surface area (Å²) in [6.45, 7) is 2.29. The zero-order valence-electron chi connectivity index (χ0n) is 8.63. The first-order valence-electron chi connectivity index (χ1n) is 5.06. The summed E-state index contributed by atoms with van der Waals surface area (Å²) in [5, 5.41) is 13.7. The SMILES string of the molecule is Cc1ccc(Cl)c2c1NC(C(O)CN)C2. The first-order valence-corrected chi connectivity index (χ1v) is 5.44. The quantitative estimate of drug-likeness (QED) is 0.713. The van der Waals surface area contributed by atoms with Gasteiger partial charge in [-0.15, -0.1) is 0 Å². The highest BCUT2D eigenvalue weighted by atomic mass is 35.5. The number of nitrogens with one attached hydrogen (secondary N) is 1. The minimum atomic E-state index is -0.520. The average molecular weight is 227 g/mol. The number of hydrogen-bond acceptors (Lipinski definition) is 3. The fourth-order valence-electron chi connectivity index (χ4n) is 1.99. The number of rotatable bonds is 2. The molecule has 82 valence electrons. The summed E-state index contributed by atoms with van der Waals surface area (Å²) >= 11 is 6.10. The van der Waals surface area contributed by atoms with Gasteiger partial charge in [-0.05, 0) is 30.5 Å². The molecule has 1 heterocycles. The van der Waals surface area contributed by atoms with E-state index in [1.54, 1.807) is 0 Å². The first kappa shape index (κ1) is 10.7. The summed E-state index contributed by atoms with van der Waals surface area (Å²) in [6.07, 6.45) is 0.224. The van der Waals surface area contributed by atoms with E-state index in [0.717, 1.165) is 28.3 Å². The third kappa shape index (κ3) is 1.83. The molecule has 2 rings (SSSR count). The van der Waals surface area contributed by atoms with Gasteiger partial charge >= 0.3 is 0 Å². The van der Waals surface area contributed by atoms with E-state index < -0.39 is 6.10 Å². The number of aliphatic hydroxyl groups is 1. The molecule has 1 aliphatic rings. The number of aliphatic hydroxyl groups excluding tert-OH is 1. The Morgan fingerprint density at radius 1 is 1.67 bits per heavy atom. The van der Waals surface area contributed by atoms with Gasteiger partial charge in [-0.2, -0.15) is 0 Å². The Kier molecular flexibility index (Phi) is 2.87. The lowest BCUT2D eigenvalue weighted by Gasteiger charge is -2.17. The molecule has 4 heteroatoms. The molecule has 0 bridgehead atoms. The van der Waals surface area contributed by atoms with Gasteiger partial charge in [0.2, 0.25) is 0 Å². The fourth-order valence-corrected chi connectivity index (χ4v) is 2.23. The Bertz CT molecular complexity index is 350. The molecule has 4 N–H and O–H groups in total. The first-order chi connectivity index (χ1) is 7.13. The van der Waals surface area contributed by atoms with Crippen LogP contribution < -0.4 is 11.1 Å². The summed E-state index contributed by atoms with van der Waals surface area (Å²) in [4.78, 5) is 0. The van der Waals surface area contributed by atoms with E-state index in [9.17, 15) is 5.11 Å². The summed E-state index contributed by atoms with van der Waals surface area (Å²) in [6, 6.07) is 3.86. The van der Waals surface area contributed by atoms with Gasteiger partial charge in [0.05, 0.1) is 12.1 Å². The standard InChI is InChI=1S/C11H15ClN2O/c1-6-2-3-8(12)7-4-9(10(15)5-13)14-11(6)7/h2-3,9-10,14-15H,4-5,13H2,1H3. The molecule has 1 aromatic carbocycles. The van der Waals surface area contributed by atoms with E-state index in [-0.39, 0.29) is 12.6 Å². The Balaban J connectivity index is 2.30. The molecule has 0 radical (unpaired) electrons. The number of benzene rings is 1. The van der Waals surface area contributed by atoms with Gasteiger partial charge in [0.1, 0.15) is 0 Å². The second kappa shape index (κ2) is 4.00. The predicted octanol–water partition coefficient (Wildman–Crippen LogP) is 1.30. The van der Waals surface area contributed by atoms with E-state index >= 15 is 0 Å². The predicted molar refractivity (Wildman–Crippen MR) is 62.4 cm³/mol. The second-order valence-corrected chi connectivity index (χ2v) is 4.38. The molecule has 1 aromatic rings. The van der Waals surface area contributed by atoms with Crippen molar-refractivity contribution in [3.63, 3.8) is 0 Å². The molecule has 0 saturated heterocycles. The largest absolute Gasteiger partial charge is 0.390 e. The van der Waals surface area contributed by atoms with Gasteiger partial charge in [0, 0.05) is 17.3 Å². The summed E-state index contributed by atoms with van der Waals surface area (Å²) < 4.78 is 0. The molecule has 2 atom stereocenters. The average Bonchev–Trinajstić information content (AvgIpc) is 2.68. The lowest BCUT2D eigenvalue weighted by atomic mass is 10.0. The van der Waals surface area contributed by atoms with Crippen LogP contribution in [-0.2, 0) is 6.42 Å². The van der Waals surface area contributed by atoms with Crippen molar-refractivity contribution in [2.75, 3.05) is 11.9 Å². The summed E-state index contributed by atoms with van der Waals surface area (Å²) in [5.41, 5.74) is 8.74. The van der Waals surface area contributed by atoms with Crippen LogP contribution in [0.5, 0.6) is 0 Å². The van der Waals surface area contributed by atoms with Crippen molar-refractivity contribution in [3.05, 3.63) is 28.3 Å². The van der Waals surface area contributed by atoms with E-state index in [0.29, 0.717) is 0 Å².